The Labute approximate surface area is 109 Å². The summed E-state index contributed by atoms with van der Waals surface area (Å²) < 4.78 is 10.5. The van der Waals surface area contributed by atoms with Gasteiger partial charge >= 0.3 is 0 Å². The average Bonchev–Trinajstić information content (AvgIpc) is 2.96. The van der Waals surface area contributed by atoms with E-state index in [9.17, 15) is 14.7 Å². The van der Waals surface area contributed by atoms with E-state index in [0.717, 1.165) is 5.56 Å². The number of amides is 1. The molecule has 0 aliphatic carbocycles. The highest BCUT2D eigenvalue weighted by Crippen LogP contribution is 2.33. The van der Waals surface area contributed by atoms with Gasteiger partial charge in [0.25, 0.3) is 0 Å². The number of benzene rings is 1. The van der Waals surface area contributed by atoms with Gasteiger partial charge in [0.2, 0.25) is 12.7 Å². The summed E-state index contributed by atoms with van der Waals surface area (Å²) in [6.45, 7) is 0.781. The molecule has 100 valence electrons. The van der Waals surface area contributed by atoms with E-state index in [1.807, 2.05) is 12.1 Å². The van der Waals surface area contributed by atoms with Crippen molar-refractivity contribution < 1.29 is 24.2 Å². The van der Waals surface area contributed by atoms with Crippen LogP contribution in [-0.4, -0.2) is 30.1 Å². The molecule has 6 heteroatoms. The molecule has 3 rings (SSSR count). The Balaban J connectivity index is 1.72. The van der Waals surface area contributed by atoms with Crippen LogP contribution in [0.25, 0.3) is 0 Å². The first kappa shape index (κ1) is 11.8. The highest BCUT2D eigenvalue weighted by atomic mass is 16.7. The number of carboxylic acid groups (broad SMARTS) is 1. The van der Waals surface area contributed by atoms with Gasteiger partial charge in [0.15, 0.2) is 11.5 Å². The molecule has 0 bridgehead atoms. The third-order valence-corrected chi connectivity index (χ3v) is 3.36. The van der Waals surface area contributed by atoms with Crippen LogP contribution in [0.5, 0.6) is 11.5 Å². The first-order chi connectivity index (χ1) is 9.13. The lowest BCUT2D eigenvalue weighted by atomic mass is 10.1. The third kappa shape index (κ3) is 2.21. The second kappa shape index (κ2) is 4.46. The van der Waals surface area contributed by atoms with Gasteiger partial charge in [0.05, 0.1) is 0 Å². The van der Waals surface area contributed by atoms with E-state index in [1.54, 1.807) is 6.07 Å². The quantitative estimate of drug-likeness (QED) is 0.734. The summed E-state index contributed by atoms with van der Waals surface area (Å²) in [4.78, 5) is 24.0. The van der Waals surface area contributed by atoms with E-state index in [0.29, 0.717) is 18.0 Å². The Kier molecular flexibility index (Phi) is 2.77. The molecule has 1 fully saturated rings. The fourth-order valence-electron chi connectivity index (χ4n) is 2.34. The third-order valence-electron chi connectivity index (χ3n) is 3.36. The molecule has 2 heterocycles. The number of carboxylic acids is 1. The number of fused-ring (bicyclic) bond motifs is 1. The maximum absolute atomic E-state index is 11.7. The topological polar surface area (TPSA) is 78.9 Å². The first-order valence-electron chi connectivity index (χ1n) is 6.00. The Morgan fingerprint density at radius 2 is 2.16 bits per heavy atom. The maximum atomic E-state index is 11.7. The van der Waals surface area contributed by atoms with Gasteiger partial charge in [0.1, 0.15) is 0 Å². The van der Waals surface area contributed by atoms with Crippen molar-refractivity contribution >= 4 is 11.9 Å². The van der Waals surface area contributed by atoms with Gasteiger partial charge in [-0.15, -0.1) is 0 Å². The van der Waals surface area contributed by atoms with Crippen molar-refractivity contribution in [1.29, 1.82) is 0 Å². The van der Waals surface area contributed by atoms with Crippen molar-refractivity contribution in [2.24, 2.45) is 5.92 Å². The van der Waals surface area contributed by atoms with Crippen LogP contribution in [0.15, 0.2) is 18.2 Å². The molecule has 1 amide bonds. The molecule has 1 atom stereocenters. The van der Waals surface area contributed by atoms with Gasteiger partial charge in [-0.2, -0.15) is 0 Å². The Bertz CT molecular complexity index is 542. The molecule has 0 saturated carbocycles. The summed E-state index contributed by atoms with van der Waals surface area (Å²) in [6.07, 6.45) is 0.0207. The molecule has 2 aliphatic heterocycles. The molecular weight excluding hydrogens is 250 g/mol. The van der Waals surface area contributed by atoms with Crippen molar-refractivity contribution in [3.8, 4) is 11.5 Å². The van der Waals surface area contributed by atoms with E-state index in [4.69, 9.17) is 9.47 Å². The maximum Gasteiger partial charge on any atom is 0.231 e. The van der Waals surface area contributed by atoms with Crippen molar-refractivity contribution in [3.63, 3.8) is 0 Å². The van der Waals surface area contributed by atoms with Gasteiger partial charge in [-0.05, 0) is 17.7 Å². The molecule has 0 radical (unpaired) electrons. The zero-order valence-corrected chi connectivity index (χ0v) is 10.1. The lowest BCUT2D eigenvalue weighted by Gasteiger charge is -2.17. The summed E-state index contributed by atoms with van der Waals surface area (Å²) in [5.74, 6) is -0.695. The number of carbonyl (C=O) groups excluding carboxylic acids is 2. The van der Waals surface area contributed by atoms with Crippen LogP contribution in [0.4, 0.5) is 0 Å². The molecular formula is C13H12NO5-. The lowest BCUT2D eigenvalue weighted by molar-refractivity contribution is -0.311. The first-order valence-corrected chi connectivity index (χ1v) is 6.00. The highest BCUT2D eigenvalue weighted by molar-refractivity contribution is 5.85. The van der Waals surface area contributed by atoms with Crippen LogP contribution < -0.4 is 14.6 Å². The second-order valence-corrected chi connectivity index (χ2v) is 4.68. The van der Waals surface area contributed by atoms with Crippen molar-refractivity contribution in [3.05, 3.63) is 23.8 Å². The number of carbonyl (C=O) groups is 2. The molecule has 0 unspecified atom stereocenters. The van der Waals surface area contributed by atoms with Gasteiger partial charge < -0.3 is 24.3 Å². The van der Waals surface area contributed by atoms with Gasteiger partial charge in [0, 0.05) is 31.4 Å². The Morgan fingerprint density at radius 3 is 2.89 bits per heavy atom. The Morgan fingerprint density at radius 1 is 1.37 bits per heavy atom. The minimum atomic E-state index is -1.17. The molecule has 2 aliphatic rings. The van der Waals surface area contributed by atoms with Gasteiger partial charge in [-0.25, -0.2) is 0 Å². The van der Waals surface area contributed by atoms with Gasteiger partial charge in [-0.3, -0.25) is 4.79 Å². The largest absolute Gasteiger partial charge is 0.550 e. The molecule has 1 saturated heterocycles. The van der Waals surface area contributed by atoms with Crippen LogP contribution >= 0.6 is 0 Å². The number of likely N-dealkylation sites (tertiary alicyclic amines) is 1. The predicted molar refractivity (Wildman–Crippen MR) is 61.1 cm³/mol. The minimum Gasteiger partial charge on any atom is -0.550 e. The van der Waals surface area contributed by atoms with Gasteiger partial charge in [-0.1, -0.05) is 6.07 Å². The highest BCUT2D eigenvalue weighted by Gasteiger charge is 2.30. The van der Waals surface area contributed by atoms with Crippen LogP contribution in [-0.2, 0) is 16.1 Å². The monoisotopic (exact) mass is 262 g/mol. The lowest BCUT2D eigenvalue weighted by Crippen LogP contribution is -2.33. The SMILES string of the molecule is O=C([O-])[C@H]1CC(=O)N(Cc2ccc3c(c2)OCO3)C1. The fourth-order valence-corrected chi connectivity index (χ4v) is 2.34. The molecule has 1 aromatic carbocycles. The molecule has 6 nitrogen and oxygen atoms in total. The van der Waals surface area contributed by atoms with E-state index in [-0.39, 0.29) is 25.7 Å². The summed E-state index contributed by atoms with van der Waals surface area (Å²) >= 11 is 0. The van der Waals surface area contributed by atoms with E-state index in [2.05, 4.69) is 0 Å². The molecule has 1 aromatic rings. The number of rotatable bonds is 3. The van der Waals surface area contributed by atoms with E-state index in [1.165, 1.54) is 4.90 Å². The van der Waals surface area contributed by atoms with Crippen LogP contribution in [0.1, 0.15) is 12.0 Å². The van der Waals surface area contributed by atoms with Crippen molar-refractivity contribution in [2.75, 3.05) is 13.3 Å². The van der Waals surface area contributed by atoms with Crippen LogP contribution in [0, 0.1) is 5.92 Å². The minimum absolute atomic E-state index is 0.0207. The summed E-state index contributed by atoms with van der Waals surface area (Å²) in [5, 5.41) is 10.8. The normalized spacial score (nSPS) is 20.9. The van der Waals surface area contributed by atoms with Crippen LogP contribution in [0.3, 0.4) is 0 Å². The standard InChI is InChI=1S/C13H13NO5/c15-12-4-9(13(16)17)6-14(12)5-8-1-2-10-11(3-8)19-7-18-10/h1-3,9H,4-7H2,(H,16,17)/p-1/t9-/m0/s1. The zero-order chi connectivity index (χ0) is 13.4. The Hall–Kier alpha value is -2.24. The number of nitrogens with zero attached hydrogens (tertiary/aromatic N) is 1. The molecule has 19 heavy (non-hydrogen) atoms. The molecule has 0 spiro atoms. The van der Waals surface area contributed by atoms with E-state index < -0.39 is 11.9 Å². The predicted octanol–water partition coefficient (Wildman–Crippen LogP) is -0.486. The smallest absolute Gasteiger partial charge is 0.231 e. The molecule has 0 aromatic heterocycles. The summed E-state index contributed by atoms with van der Waals surface area (Å²) in [5.41, 5.74) is 0.886. The van der Waals surface area contributed by atoms with Crippen molar-refractivity contribution in [1.82, 2.24) is 4.90 Å². The van der Waals surface area contributed by atoms with Crippen LogP contribution in [0.2, 0.25) is 0 Å². The number of ether oxygens (including phenoxy) is 2. The molecule has 0 N–H and O–H groups in total. The average molecular weight is 262 g/mol. The summed E-state index contributed by atoms with van der Waals surface area (Å²) in [7, 11) is 0. The zero-order valence-electron chi connectivity index (χ0n) is 10.1. The number of hydrogen-bond acceptors (Lipinski definition) is 5. The fraction of sp³-hybridized carbons (Fsp3) is 0.385. The van der Waals surface area contributed by atoms with E-state index >= 15 is 0 Å². The second-order valence-electron chi connectivity index (χ2n) is 4.68. The number of hydrogen-bond donors (Lipinski definition) is 0. The summed E-state index contributed by atoms with van der Waals surface area (Å²) in [6, 6.07) is 5.43. The number of aliphatic carboxylic acids is 1. The van der Waals surface area contributed by atoms with Crippen molar-refractivity contribution in [2.45, 2.75) is 13.0 Å².